The van der Waals surface area contributed by atoms with E-state index in [-0.39, 0.29) is 5.75 Å². The van der Waals surface area contributed by atoms with Crippen molar-refractivity contribution in [2.45, 2.75) is 6.92 Å². The number of rotatable bonds is 6. The van der Waals surface area contributed by atoms with Crippen molar-refractivity contribution in [3.8, 4) is 11.5 Å². The van der Waals surface area contributed by atoms with Crippen LogP contribution in [0.25, 0.3) is 0 Å². The van der Waals surface area contributed by atoms with E-state index < -0.39 is 17.8 Å². The Morgan fingerprint density at radius 2 is 1.73 bits per heavy atom. The largest absolute Gasteiger partial charge is 0.497 e. The third-order valence-corrected chi connectivity index (χ3v) is 4.85. The summed E-state index contributed by atoms with van der Waals surface area (Å²) in [4.78, 5) is 36.6. The van der Waals surface area contributed by atoms with Gasteiger partial charge in [0, 0.05) is 15.7 Å². The molecule has 168 valence electrons. The maximum Gasteiger partial charge on any atom is 0.343 e. The van der Waals surface area contributed by atoms with Crippen LogP contribution in [-0.2, 0) is 9.59 Å². The van der Waals surface area contributed by atoms with Gasteiger partial charge in [0.1, 0.15) is 11.5 Å². The van der Waals surface area contributed by atoms with E-state index in [1.807, 2.05) is 13.0 Å². The van der Waals surface area contributed by atoms with Crippen molar-refractivity contribution >= 4 is 45.6 Å². The summed E-state index contributed by atoms with van der Waals surface area (Å²) in [6.45, 7) is 1.87. The Balaban J connectivity index is 1.66. The summed E-state index contributed by atoms with van der Waals surface area (Å²) in [5.41, 5.74) is 4.34. The monoisotopic (exact) mass is 509 g/mol. The first kappa shape index (κ1) is 23.7. The van der Waals surface area contributed by atoms with E-state index in [2.05, 4.69) is 31.8 Å². The Morgan fingerprint density at radius 3 is 2.42 bits per heavy atom. The fraction of sp³-hybridized carbons (Fsp3) is 0.0833. The lowest BCUT2D eigenvalue weighted by Crippen LogP contribution is -2.32. The van der Waals surface area contributed by atoms with E-state index in [0.29, 0.717) is 27.0 Å². The normalized spacial score (nSPS) is 10.5. The number of aryl methyl sites for hydroxylation is 1. The van der Waals surface area contributed by atoms with Crippen LogP contribution in [0.4, 0.5) is 5.69 Å². The molecule has 2 amide bonds. The Labute approximate surface area is 198 Å². The quantitative estimate of drug-likeness (QED) is 0.171. The average molecular weight is 510 g/mol. The van der Waals surface area contributed by atoms with Gasteiger partial charge in [0.15, 0.2) is 0 Å². The van der Waals surface area contributed by atoms with Crippen LogP contribution in [0.2, 0.25) is 0 Å². The molecule has 3 aromatic rings. The number of methoxy groups -OCH3 is 1. The number of nitrogens with zero attached hydrogens (tertiary/aromatic N) is 1. The molecule has 9 heteroatoms. The van der Waals surface area contributed by atoms with Gasteiger partial charge in [0.05, 0.1) is 18.9 Å². The first-order valence-electron chi connectivity index (χ1n) is 9.72. The van der Waals surface area contributed by atoms with Gasteiger partial charge < -0.3 is 14.8 Å². The molecular formula is C24H20BrN3O5. The predicted octanol–water partition coefficient (Wildman–Crippen LogP) is 4.07. The molecule has 0 bridgehead atoms. The highest BCUT2D eigenvalue weighted by atomic mass is 79.9. The number of hydrogen-bond acceptors (Lipinski definition) is 6. The molecule has 0 atom stereocenters. The fourth-order valence-corrected chi connectivity index (χ4v) is 3.10. The van der Waals surface area contributed by atoms with Crippen molar-refractivity contribution < 1.29 is 23.9 Å². The standard InChI is InChI=1S/C24H20BrN3O5/c1-15-4-3-5-19(12-15)27-22(29)23(30)28-26-14-17-13-18(25)8-11-21(17)33-24(31)16-6-9-20(32-2)10-7-16/h3-14H,1-2H3,(H,27,29)(H,28,30)/b26-14-. The van der Waals surface area contributed by atoms with E-state index in [1.165, 1.54) is 13.3 Å². The summed E-state index contributed by atoms with van der Waals surface area (Å²) in [5.74, 6) is -1.54. The number of hydrogen-bond donors (Lipinski definition) is 2. The van der Waals surface area contributed by atoms with Gasteiger partial charge in [0.2, 0.25) is 0 Å². The number of carbonyl (C=O) groups excluding carboxylic acids is 3. The number of esters is 1. The van der Waals surface area contributed by atoms with Gasteiger partial charge in [-0.05, 0) is 67.1 Å². The van der Waals surface area contributed by atoms with Gasteiger partial charge in [-0.15, -0.1) is 0 Å². The van der Waals surface area contributed by atoms with E-state index >= 15 is 0 Å². The molecule has 0 saturated heterocycles. The molecule has 0 radical (unpaired) electrons. The van der Waals surface area contributed by atoms with Crippen LogP contribution < -0.4 is 20.2 Å². The van der Waals surface area contributed by atoms with Gasteiger partial charge in [-0.25, -0.2) is 10.2 Å². The molecule has 8 nitrogen and oxygen atoms in total. The lowest BCUT2D eigenvalue weighted by Gasteiger charge is -2.09. The molecule has 0 aromatic heterocycles. The fourth-order valence-electron chi connectivity index (χ4n) is 2.72. The molecule has 0 heterocycles. The van der Waals surface area contributed by atoms with Gasteiger partial charge in [0.25, 0.3) is 0 Å². The van der Waals surface area contributed by atoms with Crippen LogP contribution in [0.3, 0.4) is 0 Å². The van der Waals surface area contributed by atoms with E-state index in [4.69, 9.17) is 9.47 Å². The van der Waals surface area contributed by atoms with Gasteiger partial charge in [-0.3, -0.25) is 9.59 Å². The van der Waals surface area contributed by atoms with E-state index in [0.717, 1.165) is 5.56 Å². The number of amides is 2. The molecule has 0 aliphatic carbocycles. The number of carbonyl (C=O) groups is 3. The lowest BCUT2D eigenvalue weighted by molar-refractivity contribution is -0.136. The Hall–Kier alpha value is -3.98. The van der Waals surface area contributed by atoms with E-state index in [1.54, 1.807) is 60.7 Å². The van der Waals surface area contributed by atoms with Crippen molar-refractivity contribution in [3.05, 3.63) is 87.9 Å². The Morgan fingerprint density at radius 1 is 0.970 bits per heavy atom. The van der Waals surface area contributed by atoms with E-state index in [9.17, 15) is 14.4 Å². The second-order valence-corrected chi connectivity index (χ2v) is 7.74. The highest BCUT2D eigenvalue weighted by Crippen LogP contribution is 2.23. The number of ether oxygens (including phenoxy) is 2. The first-order chi connectivity index (χ1) is 15.9. The van der Waals surface area contributed by atoms with Crippen molar-refractivity contribution in [3.63, 3.8) is 0 Å². The highest BCUT2D eigenvalue weighted by molar-refractivity contribution is 9.10. The number of halogens is 1. The number of anilines is 1. The van der Waals surface area contributed by atoms with Gasteiger partial charge >= 0.3 is 17.8 Å². The van der Waals surface area contributed by atoms with Crippen LogP contribution in [-0.4, -0.2) is 31.1 Å². The van der Waals surface area contributed by atoms with Crippen LogP contribution >= 0.6 is 15.9 Å². The van der Waals surface area contributed by atoms with Crippen LogP contribution in [0.15, 0.2) is 76.3 Å². The molecule has 0 unspecified atom stereocenters. The minimum absolute atomic E-state index is 0.223. The smallest absolute Gasteiger partial charge is 0.343 e. The van der Waals surface area contributed by atoms with Crippen LogP contribution in [0, 0.1) is 6.92 Å². The summed E-state index contributed by atoms with van der Waals surface area (Å²) in [6, 6.07) is 18.4. The first-order valence-corrected chi connectivity index (χ1v) is 10.5. The number of hydrazone groups is 1. The van der Waals surface area contributed by atoms with Crippen molar-refractivity contribution in [1.29, 1.82) is 0 Å². The summed E-state index contributed by atoms with van der Waals surface area (Å²) in [7, 11) is 1.53. The summed E-state index contributed by atoms with van der Waals surface area (Å²) < 4.78 is 11.3. The summed E-state index contributed by atoms with van der Waals surface area (Å²) in [5, 5.41) is 6.31. The Kier molecular flexibility index (Phi) is 7.93. The zero-order chi connectivity index (χ0) is 23.8. The molecule has 0 spiro atoms. The second-order valence-electron chi connectivity index (χ2n) is 6.82. The van der Waals surface area contributed by atoms with Crippen LogP contribution in [0.1, 0.15) is 21.5 Å². The molecule has 0 saturated carbocycles. The Bertz CT molecular complexity index is 1210. The molecule has 2 N–H and O–H groups in total. The lowest BCUT2D eigenvalue weighted by atomic mass is 10.2. The molecule has 3 aromatic carbocycles. The van der Waals surface area contributed by atoms with Crippen molar-refractivity contribution in [2.24, 2.45) is 5.10 Å². The maximum atomic E-state index is 12.5. The molecule has 3 rings (SSSR count). The highest BCUT2D eigenvalue weighted by Gasteiger charge is 2.14. The second kappa shape index (κ2) is 11.1. The topological polar surface area (TPSA) is 106 Å². The third-order valence-electron chi connectivity index (χ3n) is 4.35. The van der Waals surface area contributed by atoms with Gasteiger partial charge in [-0.2, -0.15) is 5.10 Å². The maximum absolute atomic E-state index is 12.5. The SMILES string of the molecule is COc1ccc(C(=O)Oc2ccc(Br)cc2/C=N\NC(=O)C(=O)Nc2cccc(C)c2)cc1. The zero-order valence-electron chi connectivity index (χ0n) is 17.8. The minimum Gasteiger partial charge on any atom is -0.497 e. The van der Waals surface area contributed by atoms with Crippen molar-refractivity contribution in [2.75, 3.05) is 12.4 Å². The molecular weight excluding hydrogens is 490 g/mol. The van der Waals surface area contributed by atoms with Crippen LogP contribution in [0.5, 0.6) is 11.5 Å². The third kappa shape index (κ3) is 6.75. The molecule has 0 aliphatic heterocycles. The summed E-state index contributed by atoms with van der Waals surface area (Å²) >= 11 is 3.34. The average Bonchev–Trinajstić information content (AvgIpc) is 2.80. The number of benzene rings is 3. The van der Waals surface area contributed by atoms with Gasteiger partial charge in [-0.1, -0.05) is 28.1 Å². The molecule has 33 heavy (non-hydrogen) atoms. The minimum atomic E-state index is -0.945. The molecule has 0 fully saturated rings. The summed E-state index contributed by atoms with van der Waals surface area (Å²) in [6.07, 6.45) is 1.28. The predicted molar refractivity (Wildman–Crippen MR) is 128 cm³/mol. The molecule has 0 aliphatic rings. The number of nitrogens with one attached hydrogen (secondary N) is 2. The zero-order valence-corrected chi connectivity index (χ0v) is 19.4. The van der Waals surface area contributed by atoms with Crippen molar-refractivity contribution in [1.82, 2.24) is 5.43 Å².